The number of imidazole rings is 1. The summed E-state index contributed by atoms with van der Waals surface area (Å²) in [5, 5.41) is 8.20. The van der Waals surface area contributed by atoms with E-state index in [1.165, 1.54) is 0 Å². The van der Waals surface area contributed by atoms with Crippen LogP contribution in [0.1, 0.15) is 42.2 Å². The predicted octanol–water partition coefficient (Wildman–Crippen LogP) is 1.25. The first-order chi connectivity index (χ1) is 9.17. The Hall–Kier alpha value is -1.79. The molecule has 102 valence electrons. The van der Waals surface area contributed by atoms with Crippen LogP contribution in [0.25, 0.3) is 0 Å². The molecule has 1 unspecified atom stereocenters. The van der Waals surface area contributed by atoms with E-state index >= 15 is 0 Å². The van der Waals surface area contributed by atoms with Gasteiger partial charge < -0.3 is 4.57 Å². The SMILES string of the molecule is CCCn1ccnc1C(NN)c1cc(C)nnc1C. The third kappa shape index (κ3) is 2.80. The van der Waals surface area contributed by atoms with Gasteiger partial charge in [0.05, 0.1) is 11.4 Å². The second-order valence-electron chi connectivity index (χ2n) is 4.60. The molecule has 6 nitrogen and oxygen atoms in total. The molecule has 19 heavy (non-hydrogen) atoms. The molecule has 0 aliphatic rings. The fraction of sp³-hybridized carbons (Fsp3) is 0.462. The highest BCUT2D eigenvalue weighted by Gasteiger charge is 2.20. The maximum absolute atomic E-state index is 5.73. The molecule has 0 bridgehead atoms. The van der Waals surface area contributed by atoms with Gasteiger partial charge in [-0.25, -0.2) is 10.4 Å². The minimum absolute atomic E-state index is 0.171. The van der Waals surface area contributed by atoms with Crippen LogP contribution < -0.4 is 11.3 Å². The van der Waals surface area contributed by atoms with Crippen molar-refractivity contribution in [2.24, 2.45) is 5.84 Å². The predicted molar refractivity (Wildman–Crippen MR) is 73.2 cm³/mol. The minimum atomic E-state index is -0.171. The minimum Gasteiger partial charge on any atom is -0.333 e. The molecule has 2 rings (SSSR count). The molecule has 0 radical (unpaired) electrons. The van der Waals surface area contributed by atoms with E-state index in [2.05, 4.69) is 32.1 Å². The first-order valence-electron chi connectivity index (χ1n) is 6.45. The summed E-state index contributed by atoms with van der Waals surface area (Å²) < 4.78 is 2.11. The number of aryl methyl sites for hydroxylation is 3. The second-order valence-corrected chi connectivity index (χ2v) is 4.60. The van der Waals surface area contributed by atoms with Crippen LogP contribution in [0.4, 0.5) is 0 Å². The van der Waals surface area contributed by atoms with Gasteiger partial charge in [-0.1, -0.05) is 6.92 Å². The van der Waals surface area contributed by atoms with Gasteiger partial charge in [-0.3, -0.25) is 5.84 Å². The van der Waals surface area contributed by atoms with Crippen molar-refractivity contribution >= 4 is 0 Å². The van der Waals surface area contributed by atoms with Crippen molar-refractivity contribution in [1.29, 1.82) is 0 Å². The summed E-state index contributed by atoms with van der Waals surface area (Å²) in [7, 11) is 0. The van der Waals surface area contributed by atoms with Gasteiger partial charge in [0.2, 0.25) is 0 Å². The number of hydrogen-bond acceptors (Lipinski definition) is 5. The van der Waals surface area contributed by atoms with Crippen molar-refractivity contribution in [2.75, 3.05) is 0 Å². The third-order valence-electron chi connectivity index (χ3n) is 3.09. The fourth-order valence-corrected chi connectivity index (χ4v) is 2.18. The molecule has 0 amide bonds. The summed E-state index contributed by atoms with van der Waals surface area (Å²) in [5.74, 6) is 6.63. The Labute approximate surface area is 113 Å². The molecule has 3 N–H and O–H groups in total. The molecule has 0 aliphatic heterocycles. The smallest absolute Gasteiger partial charge is 0.131 e. The van der Waals surface area contributed by atoms with Crippen LogP contribution in [-0.4, -0.2) is 19.7 Å². The van der Waals surface area contributed by atoms with E-state index in [0.29, 0.717) is 0 Å². The monoisotopic (exact) mass is 260 g/mol. The summed E-state index contributed by atoms with van der Waals surface area (Å²) in [6.45, 7) is 6.91. The molecule has 0 aromatic carbocycles. The maximum Gasteiger partial charge on any atom is 0.131 e. The topological polar surface area (TPSA) is 81.7 Å². The summed E-state index contributed by atoms with van der Waals surface area (Å²) in [4.78, 5) is 4.43. The normalized spacial score (nSPS) is 12.6. The van der Waals surface area contributed by atoms with Gasteiger partial charge in [0, 0.05) is 24.5 Å². The number of nitrogens with two attached hydrogens (primary N) is 1. The molecule has 0 spiro atoms. The molecule has 2 aromatic rings. The standard InChI is InChI=1S/C13H20N6/c1-4-6-19-7-5-15-13(19)12(16-14)11-8-9(2)17-18-10(11)3/h5,7-8,12,16H,4,6,14H2,1-3H3. The fourth-order valence-electron chi connectivity index (χ4n) is 2.18. The van der Waals surface area contributed by atoms with Crippen molar-refractivity contribution < 1.29 is 0 Å². The second kappa shape index (κ2) is 5.90. The Balaban J connectivity index is 2.44. The quantitative estimate of drug-likeness (QED) is 0.624. The van der Waals surface area contributed by atoms with Crippen LogP contribution in [0.15, 0.2) is 18.5 Å². The van der Waals surface area contributed by atoms with E-state index in [1.54, 1.807) is 6.20 Å². The maximum atomic E-state index is 5.73. The zero-order valence-electron chi connectivity index (χ0n) is 11.6. The average Bonchev–Trinajstić information content (AvgIpc) is 2.83. The van der Waals surface area contributed by atoms with Gasteiger partial charge in [0.15, 0.2) is 0 Å². The van der Waals surface area contributed by atoms with E-state index < -0.39 is 0 Å². The summed E-state index contributed by atoms with van der Waals surface area (Å²) in [6.07, 6.45) is 4.82. The van der Waals surface area contributed by atoms with Crippen molar-refractivity contribution in [3.63, 3.8) is 0 Å². The molecule has 0 saturated heterocycles. The van der Waals surface area contributed by atoms with Crippen LogP contribution in [0.2, 0.25) is 0 Å². The van der Waals surface area contributed by atoms with Crippen LogP contribution in [0.5, 0.6) is 0 Å². The summed E-state index contributed by atoms with van der Waals surface area (Å²) in [6, 6.07) is 1.83. The Morgan fingerprint density at radius 1 is 1.37 bits per heavy atom. The molecule has 1 atom stereocenters. The number of hydrogen-bond donors (Lipinski definition) is 2. The van der Waals surface area contributed by atoms with Gasteiger partial charge >= 0.3 is 0 Å². The Bertz CT molecular complexity index is 548. The van der Waals surface area contributed by atoms with Crippen molar-refractivity contribution in [3.05, 3.63) is 41.2 Å². The molecule has 2 heterocycles. The zero-order valence-corrected chi connectivity index (χ0v) is 11.6. The lowest BCUT2D eigenvalue weighted by atomic mass is 10.1. The molecular formula is C13H20N6. The molecule has 0 aliphatic carbocycles. The van der Waals surface area contributed by atoms with Gasteiger partial charge in [-0.05, 0) is 26.3 Å². The number of nitrogens with one attached hydrogen (secondary N) is 1. The van der Waals surface area contributed by atoms with Crippen LogP contribution in [0.3, 0.4) is 0 Å². The van der Waals surface area contributed by atoms with E-state index in [4.69, 9.17) is 5.84 Å². The average molecular weight is 260 g/mol. The first kappa shape index (κ1) is 13.6. The number of nitrogens with zero attached hydrogens (tertiary/aromatic N) is 4. The number of aromatic nitrogens is 4. The van der Waals surface area contributed by atoms with Crippen molar-refractivity contribution in [3.8, 4) is 0 Å². The molecule has 2 aromatic heterocycles. The lowest BCUT2D eigenvalue weighted by molar-refractivity contribution is 0.540. The van der Waals surface area contributed by atoms with Gasteiger partial charge in [-0.2, -0.15) is 10.2 Å². The van der Waals surface area contributed by atoms with Crippen LogP contribution in [-0.2, 0) is 6.54 Å². The number of rotatable bonds is 5. The van der Waals surface area contributed by atoms with E-state index in [0.717, 1.165) is 35.7 Å². The Morgan fingerprint density at radius 2 is 2.16 bits per heavy atom. The zero-order chi connectivity index (χ0) is 13.8. The molecule has 6 heteroatoms. The molecule has 0 saturated carbocycles. The van der Waals surface area contributed by atoms with Gasteiger partial charge in [0.1, 0.15) is 11.9 Å². The Morgan fingerprint density at radius 3 is 2.84 bits per heavy atom. The van der Waals surface area contributed by atoms with Gasteiger partial charge in [-0.15, -0.1) is 0 Å². The lowest BCUT2D eigenvalue weighted by Gasteiger charge is -2.19. The third-order valence-corrected chi connectivity index (χ3v) is 3.09. The van der Waals surface area contributed by atoms with Crippen molar-refractivity contribution in [2.45, 2.75) is 39.8 Å². The number of hydrazine groups is 1. The van der Waals surface area contributed by atoms with Crippen LogP contribution >= 0.6 is 0 Å². The van der Waals surface area contributed by atoms with Crippen molar-refractivity contribution in [1.82, 2.24) is 25.2 Å². The molecular weight excluding hydrogens is 240 g/mol. The summed E-state index contributed by atoms with van der Waals surface area (Å²) >= 11 is 0. The Kier molecular flexibility index (Phi) is 4.24. The summed E-state index contributed by atoms with van der Waals surface area (Å²) in [5.41, 5.74) is 5.58. The largest absolute Gasteiger partial charge is 0.333 e. The highest BCUT2D eigenvalue weighted by atomic mass is 15.3. The lowest BCUT2D eigenvalue weighted by Crippen LogP contribution is -2.32. The highest BCUT2D eigenvalue weighted by Crippen LogP contribution is 2.22. The first-order valence-corrected chi connectivity index (χ1v) is 6.45. The van der Waals surface area contributed by atoms with Crippen LogP contribution in [0, 0.1) is 13.8 Å². The highest BCUT2D eigenvalue weighted by molar-refractivity contribution is 5.28. The van der Waals surface area contributed by atoms with E-state index in [1.807, 2.05) is 26.1 Å². The van der Waals surface area contributed by atoms with Gasteiger partial charge in [0.25, 0.3) is 0 Å². The van der Waals surface area contributed by atoms with E-state index in [-0.39, 0.29) is 6.04 Å². The van der Waals surface area contributed by atoms with E-state index in [9.17, 15) is 0 Å². The molecule has 0 fully saturated rings.